The lowest BCUT2D eigenvalue weighted by Crippen LogP contribution is -2.42. The van der Waals surface area contributed by atoms with E-state index >= 15 is 0 Å². The molecule has 1 saturated heterocycles. The lowest BCUT2D eigenvalue weighted by Gasteiger charge is -2.32. The van der Waals surface area contributed by atoms with E-state index in [9.17, 15) is 18.0 Å². The molecule has 0 saturated carbocycles. The molecule has 0 aliphatic carbocycles. The number of carboxylic acid groups (broad SMARTS) is 1. The molecule has 1 heterocycles. The first-order chi connectivity index (χ1) is 10.8. The van der Waals surface area contributed by atoms with Crippen LogP contribution >= 0.6 is 0 Å². The Balaban J connectivity index is 2.24. The molecule has 0 aromatic heterocycles. The summed E-state index contributed by atoms with van der Waals surface area (Å²) in [6.07, 6.45) is 2.64. The number of carboxylic acids is 1. The Kier molecular flexibility index (Phi) is 5.38. The number of amides is 1. The SMILES string of the molecule is CC1CCCCN1S(=O)(=O)c1cccc(C(=O)NCC(=O)O)c1. The van der Waals surface area contributed by atoms with Gasteiger partial charge in [0.25, 0.3) is 5.91 Å². The number of hydrogen-bond donors (Lipinski definition) is 2. The molecule has 2 N–H and O–H groups in total. The monoisotopic (exact) mass is 340 g/mol. The van der Waals surface area contributed by atoms with E-state index in [-0.39, 0.29) is 16.5 Å². The highest BCUT2D eigenvalue weighted by atomic mass is 32.2. The number of piperidine rings is 1. The van der Waals surface area contributed by atoms with Crippen molar-refractivity contribution in [2.75, 3.05) is 13.1 Å². The Labute approximate surface area is 135 Å². The summed E-state index contributed by atoms with van der Waals surface area (Å²) >= 11 is 0. The standard InChI is InChI=1S/C15H20N2O5S/c1-11-5-2-3-8-17(11)23(21,22)13-7-4-6-12(9-13)15(20)16-10-14(18)19/h4,6-7,9,11H,2-3,5,8,10H2,1H3,(H,16,20)(H,18,19). The predicted octanol–water partition coefficient (Wildman–Crippen LogP) is 1.06. The van der Waals surface area contributed by atoms with Gasteiger partial charge < -0.3 is 10.4 Å². The van der Waals surface area contributed by atoms with E-state index in [2.05, 4.69) is 5.32 Å². The maximum atomic E-state index is 12.7. The summed E-state index contributed by atoms with van der Waals surface area (Å²) in [5.41, 5.74) is 0.122. The maximum absolute atomic E-state index is 12.7. The molecule has 1 fully saturated rings. The lowest BCUT2D eigenvalue weighted by atomic mass is 10.1. The van der Waals surface area contributed by atoms with Crippen molar-refractivity contribution in [1.29, 1.82) is 0 Å². The maximum Gasteiger partial charge on any atom is 0.322 e. The summed E-state index contributed by atoms with van der Waals surface area (Å²) in [5, 5.41) is 10.8. The Morgan fingerprint density at radius 3 is 2.74 bits per heavy atom. The smallest absolute Gasteiger partial charge is 0.322 e. The quantitative estimate of drug-likeness (QED) is 0.834. The summed E-state index contributed by atoms with van der Waals surface area (Å²) in [6.45, 7) is 1.83. The predicted molar refractivity (Wildman–Crippen MR) is 83.6 cm³/mol. The number of benzene rings is 1. The van der Waals surface area contributed by atoms with Gasteiger partial charge in [0.05, 0.1) is 4.90 Å². The van der Waals surface area contributed by atoms with Gasteiger partial charge in [-0.25, -0.2) is 8.42 Å². The molecular formula is C15H20N2O5S. The van der Waals surface area contributed by atoms with Crippen LogP contribution in [0.5, 0.6) is 0 Å². The zero-order valence-electron chi connectivity index (χ0n) is 12.9. The summed E-state index contributed by atoms with van der Waals surface area (Å²) in [7, 11) is -3.66. The summed E-state index contributed by atoms with van der Waals surface area (Å²) in [6, 6.07) is 5.60. The van der Waals surface area contributed by atoms with Crippen LogP contribution in [0.1, 0.15) is 36.5 Å². The average molecular weight is 340 g/mol. The van der Waals surface area contributed by atoms with Crippen LogP contribution in [0.4, 0.5) is 0 Å². The van der Waals surface area contributed by atoms with Crippen molar-refractivity contribution in [3.63, 3.8) is 0 Å². The van der Waals surface area contributed by atoms with Crippen molar-refractivity contribution in [2.24, 2.45) is 0 Å². The van der Waals surface area contributed by atoms with Gasteiger partial charge in [0.2, 0.25) is 10.0 Å². The molecule has 8 heteroatoms. The van der Waals surface area contributed by atoms with Crippen LogP contribution in [0, 0.1) is 0 Å². The summed E-state index contributed by atoms with van der Waals surface area (Å²) in [5.74, 6) is -1.78. The molecule has 1 aromatic rings. The molecule has 2 rings (SSSR count). The number of hydrogen-bond acceptors (Lipinski definition) is 4. The molecule has 1 aromatic carbocycles. The van der Waals surface area contributed by atoms with Gasteiger partial charge in [0.15, 0.2) is 0 Å². The van der Waals surface area contributed by atoms with Gasteiger partial charge in [-0.2, -0.15) is 4.31 Å². The minimum atomic E-state index is -3.66. The zero-order chi connectivity index (χ0) is 17.0. The highest BCUT2D eigenvalue weighted by molar-refractivity contribution is 7.89. The fourth-order valence-electron chi connectivity index (χ4n) is 2.62. The highest BCUT2D eigenvalue weighted by Gasteiger charge is 2.31. The Bertz CT molecular complexity index is 702. The van der Waals surface area contributed by atoms with E-state index in [1.807, 2.05) is 6.92 Å². The van der Waals surface area contributed by atoms with E-state index in [1.165, 1.54) is 28.6 Å². The Hall–Kier alpha value is -1.93. The molecule has 1 amide bonds. The second-order valence-electron chi connectivity index (χ2n) is 5.56. The normalized spacial score (nSPS) is 19.3. The summed E-state index contributed by atoms with van der Waals surface area (Å²) < 4.78 is 26.9. The van der Waals surface area contributed by atoms with Crippen LogP contribution in [0.25, 0.3) is 0 Å². The molecule has 7 nitrogen and oxygen atoms in total. The van der Waals surface area contributed by atoms with Crippen molar-refractivity contribution in [2.45, 2.75) is 37.1 Å². The fraction of sp³-hybridized carbons (Fsp3) is 0.467. The molecule has 1 aliphatic heterocycles. The van der Waals surface area contributed by atoms with Crippen LogP contribution in [0.2, 0.25) is 0 Å². The van der Waals surface area contributed by atoms with Gasteiger partial charge in [-0.15, -0.1) is 0 Å². The average Bonchev–Trinajstić information content (AvgIpc) is 2.53. The first-order valence-electron chi connectivity index (χ1n) is 7.44. The molecule has 23 heavy (non-hydrogen) atoms. The number of nitrogens with one attached hydrogen (secondary N) is 1. The van der Waals surface area contributed by atoms with Gasteiger partial charge in [-0.1, -0.05) is 12.5 Å². The molecule has 0 radical (unpaired) electrons. The Morgan fingerprint density at radius 2 is 2.09 bits per heavy atom. The number of aliphatic carboxylic acids is 1. The molecule has 1 aliphatic rings. The van der Waals surface area contributed by atoms with E-state index in [1.54, 1.807) is 0 Å². The van der Waals surface area contributed by atoms with E-state index < -0.39 is 28.4 Å². The number of sulfonamides is 1. The topological polar surface area (TPSA) is 104 Å². The lowest BCUT2D eigenvalue weighted by molar-refractivity contribution is -0.135. The van der Waals surface area contributed by atoms with Gasteiger partial charge in [-0.05, 0) is 38.0 Å². The second-order valence-corrected chi connectivity index (χ2v) is 7.46. The third-order valence-corrected chi connectivity index (χ3v) is 5.85. The van der Waals surface area contributed by atoms with E-state index in [0.717, 1.165) is 19.3 Å². The molecule has 1 unspecified atom stereocenters. The minimum absolute atomic E-state index is 0.0502. The van der Waals surface area contributed by atoms with Crippen molar-refractivity contribution in [3.05, 3.63) is 29.8 Å². The van der Waals surface area contributed by atoms with Gasteiger partial charge in [0.1, 0.15) is 6.54 Å². The van der Waals surface area contributed by atoms with Crippen molar-refractivity contribution < 1.29 is 23.1 Å². The van der Waals surface area contributed by atoms with Crippen molar-refractivity contribution >= 4 is 21.9 Å². The van der Waals surface area contributed by atoms with Crippen LogP contribution in [-0.2, 0) is 14.8 Å². The van der Waals surface area contributed by atoms with Gasteiger partial charge in [0, 0.05) is 18.2 Å². The van der Waals surface area contributed by atoms with Crippen LogP contribution in [-0.4, -0.2) is 48.8 Å². The van der Waals surface area contributed by atoms with Crippen LogP contribution in [0.15, 0.2) is 29.2 Å². The minimum Gasteiger partial charge on any atom is -0.480 e. The van der Waals surface area contributed by atoms with Crippen molar-refractivity contribution in [1.82, 2.24) is 9.62 Å². The fourth-order valence-corrected chi connectivity index (χ4v) is 4.37. The van der Waals surface area contributed by atoms with Gasteiger partial charge in [-0.3, -0.25) is 9.59 Å². The number of nitrogens with zero attached hydrogens (tertiary/aromatic N) is 1. The summed E-state index contributed by atoms with van der Waals surface area (Å²) in [4.78, 5) is 22.4. The Morgan fingerprint density at radius 1 is 1.35 bits per heavy atom. The molecule has 0 spiro atoms. The van der Waals surface area contributed by atoms with Crippen molar-refractivity contribution in [3.8, 4) is 0 Å². The third-order valence-electron chi connectivity index (χ3n) is 3.85. The van der Waals surface area contributed by atoms with E-state index in [0.29, 0.717) is 6.54 Å². The van der Waals surface area contributed by atoms with Gasteiger partial charge >= 0.3 is 5.97 Å². The van der Waals surface area contributed by atoms with Crippen LogP contribution < -0.4 is 5.32 Å². The molecular weight excluding hydrogens is 320 g/mol. The number of carbonyl (C=O) groups excluding carboxylic acids is 1. The third kappa shape index (κ3) is 4.08. The van der Waals surface area contributed by atoms with Crippen LogP contribution in [0.3, 0.4) is 0 Å². The zero-order valence-corrected chi connectivity index (χ0v) is 13.7. The highest BCUT2D eigenvalue weighted by Crippen LogP contribution is 2.25. The largest absolute Gasteiger partial charge is 0.480 e. The number of carbonyl (C=O) groups is 2. The first kappa shape index (κ1) is 17.4. The molecule has 1 atom stereocenters. The molecule has 126 valence electrons. The first-order valence-corrected chi connectivity index (χ1v) is 8.88. The number of rotatable bonds is 5. The second kappa shape index (κ2) is 7.10. The van der Waals surface area contributed by atoms with E-state index in [4.69, 9.17) is 5.11 Å². The molecule has 0 bridgehead atoms.